The molecular weight excluding hydrogens is 715 g/mol. The standard InChI is InChI=1S/C49H95NO7/c1-6-8-10-12-14-16-18-20-22-24-26-28-30-32-34-36-38-40-48(52)57-45(43-55-42-41-46(49(53)54)50(3,4)5)44-56-47(51)39-37-35-33-31-29-27-25-23-21-19-17-15-13-11-9-7-2/h45-46H,6-44H2,1-5H3. The number of carbonyl (C=O) groups is 3. The van der Waals surface area contributed by atoms with Gasteiger partial charge in [-0.25, -0.2) is 0 Å². The number of esters is 2. The first-order valence-electron chi connectivity index (χ1n) is 24.6. The van der Waals surface area contributed by atoms with Crippen molar-refractivity contribution in [2.75, 3.05) is 41.0 Å². The first kappa shape index (κ1) is 55.3. The van der Waals surface area contributed by atoms with Gasteiger partial charge in [0.05, 0.1) is 40.3 Å². The molecule has 0 aromatic rings. The van der Waals surface area contributed by atoms with E-state index < -0.39 is 18.1 Å². The molecule has 57 heavy (non-hydrogen) atoms. The zero-order valence-corrected chi connectivity index (χ0v) is 38.5. The number of carboxylic acid groups (broad SMARTS) is 1. The maximum atomic E-state index is 12.8. The topological polar surface area (TPSA) is 102 Å². The van der Waals surface area contributed by atoms with Crippen molar-refractivity contribution >= 4 is 17.9 Å². The molecule has 8 nitrogen and oxygen atoms in total. The van der Waals surface area contributed by atoms with Crippen molar-refractivity contribution in [2.45, 2.75) is 257 Å². The summed E-state index contributed by atoms with van der Waals surface area (Å²) < 4.78 is 17.2. The highest BCUT2D eigenvalue weighted by Crippen LogP contribution is 2.17. The molecule has 0 aromatic carbocycles. The van der Waals surface area contributed by atoms with E-state index >= 15 is 0 Å². The van der Waals surface area contributed by atoms with Gasteiger partial charge in [-0.2, -0.15) is 0 Å². The quantitative estimate of drug-likeness (QED) is 0.0343. The Hall–Kier alpha value is -1.67. The van der Waals surface area contributed by atoms with Gasteiger partial charge in [0.25, 0.3) is 0 Å². The Bertz CT molecular complexity index is 905. The summed E-state index contributed by atoms with van der Waals surface area (Å²) in [6.45, 7) is 4.72. The normalized spacial score (nSPS) is 12.8. The van der Waals surface area contributed by atoms with E-state index in [4.69, 9.17) is 14.2 Å². The van der Waals surface area contributed by atoms with Gasteiger partial charge in [0.15, 0.2) is 6.10 Å². The van der Waals surface area contributed by atoms with Gasteiger partial charge < -0.3 is 28.6 Å². The zero-order chi connectivity index (χ0) is 42.1. The van der Waals surface area contributed by atoms with E-state index in [-0.39, 0.29) is 42.7 Å². The molecule has 0 aliphatic carbocycles. The molecule has 0 amide bonds. The molecule has 338 valence electrons. The van der Waals surface area contributed by atoms with E-state index in [1.165, 1.54) is 173 Å². The number of ether oxygens (including phenoxy) is 3. The van der Waals surface area contributed by atoms with Crippen LogP contribution in [0.25, 0.3) is 0 Å². The van der Waals surface area contributed by atoms with Crippen LogP contribution in [0, 0.1) is 0 Å². The molecule has 0 aromatic heterocycles. The Kier molecular flexibility index (Phi) is 39.9. The predicted octanol–water partition coefficient (Wildman–Crippen LogP) is 12.4. The van der Waals surface area contributed by atoms with Crippen LogP contribution in [0.2, 0.25) is 0 Å². The summed E-state index contributed by atoms with van der Waals surface area (Å²) in [6, 6.07) is -0.719. The molecule has 0 saturated heterocycles. The lowest BCUT2D eigenvalue weighted by Crippen LogP contribution is -2.55. The highest BCUT2D eigenvalue weighted by atomic mass is 16.6. The fourth-order valence-corrected chi connectivity index (χ4v) is 7.66. The van der Waals surface area contributed by atoms with Gasteiger partial charge in [-0.3, -0.25) is 9.59 Å². The molecule has 0 aliphatic rings. The zero-order valence-electron chi connectivity index (χ0n) is 38.5. The molecule has 2 unspecified atom stereocenters. The van der Waals surface area contributed by atoms with Crippen molar-refractivity contribution in [3.05, 3.63) is 0 Å². The summed E-state index contributed by atoms with van der Waals surface area (Å²) in [6.07, 6.45) is 42.6. The lowest BCUT2D eigenvalue weighted by Gasteiger charge is -2.34. The molecule has 0 aliphatic heterocycles. The predicted molar refractivity (Wildman–Crippen MR) is 236 cm³/mol. The number of quaternary nitrogens is 1. The van der Waals surface area contributed by atoms with Gasteiger partial charge in [0, 0.05) is 19.3 Å². The lowest BCUT2D eigenvalue weighted by molar-refractivity contribution is -0.889. The van der Waals surface area contributed by atoms with E-state index in [1.807, 2.05) is 21.1 Å². The Balaban J connectivity index is 4.23. The van der Waals surface area contributed by atoms with Gasteiger partial charge in [-0.15, -0.1) is 0 Å². The number of aliphatic carboxylic acids is 1. The molecule has 0 saturated carbocycles. The molecular formula is C49H95NO7. The summed E-state index contributed by atoms with van der Waals surface area (Å²) in [4.78, 5) is 36.9. The molecule has 0 heterocycles. The number of unbranched alkanes of at least 4 members (excludes halogenated alkanes) is 31. The molecule has 0 radical (unpaired) electrons. The summed E-state index contributed by atoms with van der Waals surface area (Å²) in [5.41, 5.74) is 0. The average Bonchev–Trinajstić information content (AvgIpc) is 3.17. The Labute approximate surface area is 353 Å². The molecule has 0 N–H and O–H groups in total. The second kappa shape index (κ2) is 41.1. The third-order valence-corrected chi connectivity index (χ3v) is 11.5. The van der Waals surface area contributed by atoms with Gasteiger partial charge >= 0.3 is 11.9 Å². The highest BCUT2D eigenvalue weighted by Gasteiger charge is 2.25. The van der Waals surface area contributed by atoms with Crippen LogP contribution in [0.3, 0.4) is 0 Å². The Morgan fingerprint density at radius 2 is 0.772 bits per heavy atom. The summed E-state index contributed by atoms with van der Waals surface area (Å²) in [5, 5.41) is 11.6. The second-order valence-corrected chi connectivity index (χ2v) is 18.1. The molecule has 0 rings (SSSR count). The largest absolute Gasteiger partial charge is 0.544 e. The van der Waals surface area contributed by atoms with Crippen molar-refractivity contribution in [2.24, 2.45) is 0 Å². The fraction of sp³-hybridized carbons (Fsp3) is 0.939. The summed E-state index contributed by atoms with van der Waals surface area (Å²) in [7, 11) is 5.43. The van der Waals surface area contributed by atoms with E-state index in [1.54, 1.807) is 0 Å². The van der Waals surface area contributed by atoms with Crippen LogP contribution in [0.4, 0.5) is 0 Å². The van der Waals surface area contributed by atoms with Crippen molar-refractivity contribution in [1.29, 1.82) is 0 Å². The van der Waals surface area contributed by atoms with E-state index in [0.717, 1.165) is 38.5 Å². The minimum absolute atomic E-state index is 0.0496. The van der Waals surface area contributed by atoms with E-state index in [2.05, 4.69) is 13.8 Å². The third-order valence-electron chi connectivity index (χ3n) is 11.5. The first-order chi connectivity index (χ1) is 27.6. The highest BCUT2D eigenvalue weighted by molar-refractivity contribution is 5.70. The maximum absolute atomic E-state index is 12.8. The van der Waals surface area contributed by atoms with Crippen LogP contribution >= 0.6 is 0 Å². The number of rotatable bonds is 45. The number of carboxylic acids is 1. The van der Waals surface area contributed by atoms with Crippen molar-refractivity contribution in [1.82, 2.24) is 0 Å². The second-order valence-electron chi connectivity index (χ2n) is 18.1. The van der Waals surface area contributed by atoms with E-state index in [0.29, 0.717) is 12.8 Å². The molecule has 0 bridgehead atoms. The number of hydrogen-bond donors (Lipinski definition) is 0. The smallest absolute Gasteiger partial charge is 0.306 e. The minimum atomic E-state index is -1.12. The van der Waals surface area contributed by atoms with E-state index in [9.17, 15) is 19.5 Å². The molecule has 0 spiro atoms. The number of carbonyl (C=O) groups excluding carboxylic acids is 3. The molecule has 8 heteroatoms. The van der Waals surface area contributed by atoms with Crippen molar-refractivity contribution in [3.8, 4) is 0 Å². The van der Waals surface area contributed by atoms with Crippen LogP contribution in [-0.2, 0) is 28.6 Å². The third kappa shape index (κ3) is 39.6. The first-order valence-corrected chi connectivity index (χ1v) is 24.6. The number of likely N-dealkylation sites (N-methyl/N-ethyl adjacent to an activating group) is 1. The number of hydrogen-bond acceptors (Lipinski definition) is 7. The van der Waals surface area contributed by atoms with Gasteiger partial charge in [0.1, 0.15) is 12.6 Å². The van der Waals surface area contributed by atoms with Crippen molar-refractivity contribution in [3.63, 3.8) is 0 Å². The Morgan fingerprint density at radius 1 is 0.456 bits per heavy atom. The molecule has 0 fully saturated rings. The van der Waals surface area contributed by atoms with Gasteiger partial charge in [-0.1, -0.05) is 213 Å². The summed E-state index contributed by atoms with van der Waals surface area (Å²) >= 11 is 0. The minimum Gasteiger partial charge on any atom is -0.544 e. The van der Waals surface area contributed by atoms with Crippen LogP contribution in [0.15, 0.2) is 0 Å². The van der Waals surface area contributed by atoms with Gasteiger partial charge in [0.2, 0.25) is 0 Å². The van der Waals surface area contributed by atoms with Crippen LogP contribution in [-0.4, -0.2) is 75.5 Å². The average molecular weight is 810 g/mol. The van der Waals surface area contributed by atoms with Crippen molar-refractivity contribution < 1.29 is 38.2 Å². The SMILES string of the molecule is CCCCCCCCCCCCCCCCCCCC(=O)OC(COCCC(C(=O)[O-])[N+](C)(C)C)COC(=O)CCCCCCCCCCCCCCCCCC. The molecule has 2 atom stereocenters. The van der Waals surface area contributed by atoms with Gasteiger partial charge in [-0.05, 0) is 12.8 Å². The maximum Gasteiger partial charge on any atom is 0.306 e. The number of nitrogens with zero attached hydrogens (tertiary/aromatic N) is 1. The summed E-state index contributed by atoms with van der Waals surface area (Å²) in [5.74, 6) is -1.71. The monoisotopic (exact) mass is 810 g/mol. The fourth-order valence-electron chi connectivity index (χ4n) is 7.66. The van der Waals surface area contributed by atoms with Crippen LogP contribution in [0.1, 0.15) is 245 Å². The van der Waals surface area contributed by atoms with Crippen LogP contribution < -0.4 is 5.11 Å². The lowest BCUT2D eigenvalue weighted by atomic mass is 10.0. The van der Waals surface area contributed by atoms with Crippen LogP contribution in [0.5, 0.6) is 0 Å². The Morgan fingerprint density at radius 3 is 1.09 bits per heavy atom.